The number of hydrogen-bond acceptors (Lipinski definition) is 5. The van der Waals surface area contributed by atoms with E-state index >= 15 is 0 Å². The van der Waals surface area contributed by atoms with Crippen LogP contribution in [0.15, 0.2) is 22.8 Å². The highest BCUT2D eigenvalue weighted by Gasteiger charge is 2.65. The molecule has 6 heteroatoms. The van der Waals surface area contributed by atoms with Crippen molar-refractivity contribution in [2.75, 3.05) is 6.79 Å². The van der Waals surface area contributed by atoms with E-state index in [-0.39, 0.29) is 29.4 Å². The minimum absolute atomic E-state index is 0.0655. The molecule has 3 fully saturated rings. The first-order valence-corrected chi connectivity index (χ1v) is 8.91. The summed E-state index contributed by atoms with van der Waals surface area (Å²) in [5, 5.41) is 0. The molecule has 0 N–H and O–H groups in total. The van der Waals surface area contributed by atoms with Crippen LogP contribution in [0.1, 0.15) is 39.2 Å². The van der Waals surface area contributed by atoms with Gasteiger partial charge in [-0.3, -0.25) is 0 Å². The lowest BCUT2D eigenvalue weighted by atomic mass is 9.43. The summed E-state index contributed by atoms with van der Waals surface area (Å²) in [5.41, 5.74) is 0.758. The van der Waals surface area contributed by atoms with Gasteiger partial charge in [-0.1, -0.05) is 13.8 Å². The molecular formula is C20H20FNO4. The topological polar surface area (TPSA) is 57.1 Å². The van der Waals surface area contributed by atoms with Crippen LogP contribution in [-0.4, -0.2) is 24.1 Å². The highest BCUT2D eigenvalue weighted by molar-refractivity contribution is 6.06. The first kappa shape index (κ1) is 15.9. The van der Waals surface area contributed by atoms with Crippen LogP contribution in [0.5, 0.6) is 11.5 Å². The molecule has 0 spiro atoms. The number of aliphatic imine (C=N–C) groups is 1. The Labute approximate surface area is 150 Å². The second-order valence-electron chi connectivity index (χ2n) is 8.32. The second-order valence-corrected chi connectivity index (χ2v) is 8.32. The van der Waals surface area contributed by atoms with Crippen LogP contribution in [-0.2, 0) is 9.53 Å². The van der Waals surface area contributed by atoms with Crippen molar-refractivity contribution in [2.45, 2.75) is 39.2 Å². The molecule has 0 aromatic heterocycles. The normalized spacial score (nSPS) is 34.7. The van der Waals surface area contributed by atoms with Crippen LogP contribution in [0.2, 0.25) is 0 Å². The molecule has 1 aromatic rings. The largest absolute Gasteiger partial charge is 0.454 e. The van der Waals surface area contributed by atoms with Gasteiger partial charge in [0.2, 0.25) is 6.79 Å². The molecule has 5 nitrogen and oxygen atoms in total. The van der Waals surface area contributed by atoms with Crippen molar-refractivity contribution >= 4 is 17.8 Å². The zero-order valence-corrected chi connectivity index (χ0v) is 15.0. The molecule has 2 aliphatic heterocycles. The van der Waals surface area contributed by atoms with E-state index in [9.17, 15) is 9.18 Å². The Morgan fingerprint density at radius 1 is 1.23 bits per heavy atom. The number of fused-ring (bicyclic) bond motifs is 1. The lowest BCUT2D eigenvalue weighted by Crippen LogP contribution is -2.67. The summed E-state index contributed by atoms with van der Waals surface area (Å²) >= 11 is 0. The monoisotopic (exact) mass is 356 g/mol. The Kier molecular flexibility index (Phi) is 2.97. The van der Waals surface area contributed by atoms with Crippen LogP contribution < -0.4 is 9.47 Å². The molecule has 26 heavy (non-hydrogen) atoms. The third-order valence-corrected chi connectivity index (χ3v) is 6.70. The molecule has 0 radical (unpaired) electrons. The molecule has 0 amide bonds. The molecule has 136 valence electrons. The van der Waals surface area contributed by atoms with Crippen molar-refractivity contribution in [3.63, 3.8) is 0 Å². The van der Waals surface area contributed by atoms with E-state index in [1.54, 1.807) is 0 Å². The van der Waals surface area contributed by atoms with Crippen LogP contribution in [0.3, 0.4) is 0 Å². The lowest BCUT2D eigenvalue weighted by Gasteiger charge is -2.64. The van der Waals surface area contributed by atoms with Crippen LogP contribution in [0.25, 0.3) is 6.08 Å². The first-order chi connectivity index (χ1) is 12.3. The summed E-state index contributed by atoms with van der Waals surface area (Å²) in [4.78, 5) is 17.2. The summed E-state index contributed by atoms with van der Waals surface area (Å²) in [7, 11) is 0. The van der Waals surface area contributed by atoms with Gasteiger partial charge in [0.1, 0.15) is 11.5 Å². The van der Waals surface area contributed by atoms with Crippen LogP contribution in [0, 0.1) is 23.1 Å². The minimum atomic E-state index is -0.653. The maximum Gasteiger partial charge on any atom is 0.357 e. The van der Waals surface area contributed by atoms with Crippen molar-refractivity contribution < 1.29 is 23.4 Å². The van der Waals surface area contributed by atoms with Crippen LogP contribution >= 0.6 is 0 Å². The molecule has 3 aliphatic carbocycles. The number of halogens is 1. The highest BCUT2D eigenvalue weighted by Crippen LogP contribution is 2.63. The number of hydrogen-bond donors (Lipinski definition) is 0. The van der Waals surface area contributed by atoms with Crippen molar-refractivity contribution in [1.29, 1.82) is 0 Å². The Morgan fingerprint density at radius 2 is 1.96 bits per heavy atom. The Hall–Kier alpha value is -2.37. The van der Waals surface area contributed by atoms with Gasteiger partial charge in [-0.25, -0.2) is 14.2 Å². The fourth-order valence-corrected chi connectivity index (χ4v) is 4.94. The molecule has 3 saturated carbocycles. The maximum atomic E-state index is 14.3. The molecule has 5 aliphatic rings. The summed E-state index contributed by atoms with van der Waals surface area (Å²) in [6.07, 6.45) is 3.30. The Morgan fingerprint density at radius 3 is 2.69 bits per heavy atom. The SMILES string of the molecule is CC1(C)[C@@H]2CC3=N/C(=C/c4cc5c(cc4[18F])OCO5)C(=O)O[C@@]3(C)[C@H]1C2. The number of carbonyl (C=O) groups is 1. The highest BCUT2D eigenvalue weighted by atomic mass is 18.2. The third-order valence-electron chi connectivity index (χ3n) is 6.70. The predicted octanol–water partition coefficient (Wildman–Crippen LogP) is 3.72. The van der Waals surface area contributed by atoms with Gasteiger partial charge in [0, 0.05) is 17.5 Å². The lowest BCUT2D eigenvalue weighted by molar-refractivity contribution is -0.181. The summed E-state index contributed by atoms with van der Waals surface area (Å²) in [6.45, 7) is 6.49. The average Bonchev–Trinajstić information content (AvgIpc) is 3.01. The van der Waals surface area contributed by atoms with Crippen molar-refractivity contribution in [2.24, 2.45) is 22.2 Å². The zero-order chi connectivity index (χ0) is 18.3. The Balaban J connectivity index is 1.54. The fraction of sp³-hybridized carbons (Fsp3) is 0.500. The second kappa shape index (κ2) is 4.87. The number of esters is 1. The zero-order valence-electron chi connectivity index (χ0n) is 15.0. The Bertz CT molecular complexity index is 903. The van der Waals surface area contributed by atoms with E-state index in [0.717, 1.165) is 18.6 Å². The first-order valence-electron chi connectivity index (χ1n) is 8.91. The summed E-state index contributed by atoms with van der Waals surface area (Å²) in [5.74, 6) is 0.662. The van der Waals surface area contributed by atoms with Gasteiger partial charge >= 0.3 is 5.97 Å². The fourth-order valence-electron chi connectivity index (χ4n) is 4.94. The average molecular weight is 356 g/mol. The van der Waals surface area contributed by atoms with Crippen molar-refractivity contribution in [3.05, 3.63) is 29.2 Å². The van der Waals surface area contributed by atoms with Gasteiger partial charge in [-0.05, 0) is 43.2 Å². The molecule has 3 atom stereocenters. The van der Waals surface area contributed by atoms with Gasteiger partial charge in [0.25, 0.3) is 0 Å². The van der Waals surface area contributed by atoms with Gasteiger partial charge in [0.05, 0.1) is 5.71 Å². The van der Waals surface area contributed by atoms with E-state index < -0.39 is 17.4 Å². The quantitative estimate of drug-likeness (QED) is 0.568. The van der Waals surface area contributed by atoms with E-state index in [0.29, 0.717) is 17.4 Å². The molecule has 6 rings (SSSR count). The number of nitrogens with zero attached hydrogens (tertiary/aromatic N) is 1. The predicted molar refractivity (Wildman–Crippen MR) is 92.4 cm³/mol. The summed E-state index contributed by atoms with van der Waals surface area (Å²) in [6, 6.07) is 2.78. The molecule has 2 bridgehead atoms. The third kappa shape index (κ3) is 1.95. The van der Waals surface area contributed by atoms with Gasteiger partial charge in [0.15, 0.2) is 17.1 Å². The molecule has 0 saturated heterocycles. The minimum Gasteiger partial charge on any atom is -0.454 e. The van der Waals surface area contributed by atoms with E-state index in [1.165, 1.54) is 18.2 Å². The number of rotatable bonds is 1. The number of carbonyl (C=O) groups excluding carboxylic acids is 1. The van der Waals surface area contributed by atoms with Gasteiger partial charge in [-0.2, -0.15) is 0 Å². The summed E-state index contributed by atoms with van der Waals surface area (Å²) < 4.78 is 30.6. The standard InChI is InChI=1S/C20H20FNO4/c1-19(2)11-6-16(19)20(3)17(7-11)22-13(18(23)26-20)4-10-5-14-15(8-12(10)21)25-9-24-14/h4-5,8,11,16H,6-7,9H2,1-3H3/b13-4+/t11-,16-,20-/m0/s1/i21-1. The van der Waals surface area contributed by atoms with E-state index in [4.69, 9.17) is 14.2 Å². The van der Waals surface area contributed by atoms with Crippen molar-refractivity contribution in [3.8, 4) is 11.5 Å². The molecule has 2 heterocycles. The number of ether oxygens (including phenoxy) is 3. The molecule has 0 unspecified atom stereocenters. The molecule has 1 aromatic carbocycles. The van der Waals surface area contributed by atoms with E-state index in [2.05, 4.69) is 18.8 Å². The van der Waals surface area contributed by atoms with Crippen molar-refractivity contribution in [1.82, 2.24) is 0 Å². The van der Waals surface area contributed by atoms with Gasteiger partial charge in [-0.15, -0.1) is 0 Å². The number of benzene rings is 1. The molecular weight excluding hydrogens is 336 g/mol. The van der Waals surface area contributed by atoms with E-state index in [1.807, 2.05) is 6.92 Å². The van der Waals surface area contributed by atoms with Gasteiger partial charge < -0.3 is 14.2 Å². The smallest absolute Gasteiger partial charge is 0.357 e. The van der Waals surface area contributed by atoms with Crippen LogP contribution in [0.4, 0.5) is 4.39 Å². The maximum absolute atomic E-state index is 14.3.